The molecule has 1 fully saturated rings. The van der Waals surface area contributed by atoms with E-state index in [9.17, 15) is 4.79 Å². The number of aromatic nitrogens is 2. The van der Waals surface area contributed by atoms with Gasteiger partial charge in [0.2, 0.25) is 0 Å². The van der Waals surface area contributed by atoms with Crippen molar-refractivity contribution in [3.05, 3.63) is 42.1 Å². The van der Waals surface area contributed by atoms with Crippen LogP contribution < -0.4 is 5.32 Å². The summed E-state index contributed by atoms with van der Waals surface area (Å²) in [6.07, 6.45) is 10.4. The maximum absolute atomic E-state index is 12.3. The Morgan fingerprint density at radius 1 is 1.36 bits per heavy atom. The molecule has 0 aromatic carbocycles. The van der Waals surface area contributed by atoms with Gasteiger partial charge in [-0.1, -0.05) is 32.1 Å². The molecule has 2 aliphatic rings. The number of thiazole rings is 1. The molecule has 2 aromatic rings. The lowest BCUT2D eigenvalue weighted by molar-refractivity contribution is 0.232. The minimum absolute atomic E-state index is 0.203. The van der Waals surface area contributed by atoms with Crippen LogP contribution in [0, 0.1) is 6.92 Å². The van der Waals surface area contributed by atoms with E-state index in [2.05, 4.69) is 33.3 Å². The molecule has 7 heteroatoms. The average Bonchev–Trinajstić information content (AvgIpc) is 3.47. The van der Waals surface area contributed by atoms with Gasteiger partial charge in [0.1, 0.15) is 0 Å². The normalized spacial score (nSPS) is 16.4. The fraction of sp³-hybridized carbons (Fsp3) is 0.429. The van der Waals surface area contributed by atoms with E-state index < -0.39 is 0 Å². The van der Waals surface area contributed by atoms with Gasteiger partial charge in [0, 0.05) is 35.9 Å². The molecule has 0 spiro atoms. The Morgan fingerprint density at radius 2 is 2.14 bits per heavy atom. The Hall–Kier alpha value is -2.54. The van der Waals surface area contributed by atoms with Crippen molar-refractivity contribution in [1.29, 1.82) is 0 Å². The minimum Gasteiger partial charge on any atom is -0.294 e. The van der Waals surface area contributed by atoms with Gasteiger partial charge in [0.25, 0.3) is 0 Å². The smallest absolute Gasteiger partial charge is 0.294 e. The average molecular weight is 398 g/mol. The van der Waals surface area contributed by atoms with Crippen LogP contribution in [0.15, 0.2) is 35.7 Å². The number of anilines is 1. The first-order chi connectivity index (χ1) is 13.6. The summed E-state index contributed by atoms with van der Waals surface area (Å²) in [4.78, 5) is 28.1. The van der Waals surface area contributed by atoms with Crippen molar-refractivity contribution in [2.75, 3.05) is 11.9 Å². The molecule has 28 heavy (non-hydrogen) atoms. The van der Waals surface area contributed by atoms with Gasteiger partial charge in [0.15, 0.2) is 5.13 Å². The van der Waals surface area contributed by atoms with Crippen molar-refractivity contribution in [1.82, 2.24) is 14.9 Å². The van der Waals surface area contributed by atoms with Crippen LogP contribution in [0.1, 0.15) is 51.4 Å². The summed E-state index contributed by atoms with van der Waals surface area (Å²) >= 11 is 1.50. The predicted molar refractivity (Wildman–Crippen MR) is 116 cm³/mol. The van der Waals surface area contributed by atoms with Crippen molar-refractivity contribution in [2.45, 2.75) is 52.4 Å². The number of carbonyl (C=O) groups excluding carboxylic acids is 1. The highest BCUT2D eigenvalue weighted by molar-refractivity contribution is 7.19. The second kappa shape index (κ2) is 8.65. The van der Waals surface area contributed by atoms with E-state index in [1.165, 1.54) is 29.9 Å². The molecule has 0 atom stereocenters. The number of urea groups is 1. The van der Waals surface area contributed by atoms with Gasteiger partial charge in [-0.2, -0.15) is 0 Å². The maximum Gasteiger partial charge on any atom is 0.328 e. The quantitative estimate of drug-likeness (QED) is 0.754. The highest BCUT2D eigenvalue weighted by Gasteiger charge is 2.43. The number of aryl methyl sites for hydroxylation is 1. The number of amides is 2. The molecule has 0 bridgehead atoms. The summed E-state index contributed by atoms with van der Waals surface area (Å²) in [7, 11) is 0. The number of aliphatic imine (C=N–C) groups is 1. The van der Waals surface area contributed by atoms with E-state index in [-0.39, 0.29) is 11.4 Å². The van der Waals surface area contributed by atoms with Crippen LogP contribution in [0.3, 0.4) is 0 Å². The maximum atomic E-state index is 12.3. The molecule has 2 aromatic heterocycles. The minimum atomic E-state index is -0.203. The molecule has 1 aliphatic carbocycles. The van der Waals surface area contributed by atoms with Gasteiger partial charge in [-0.25, -0.2) is 9.78 Å². The Balaban J connectivity index is 0.00000109. The highest BCUT2D eigenvalue weighted by atomic mass is 32.1. The molecule has 1 N–H and O–H groups in total. The van der Waals surface area contributed by atoms with Gasteiger partial charge >= 0.3 is 6.03 Å². The molecular weight excluding hydrogens is 370 g/mol. The van der Waals surface area contributed by atoms with Crippen LogP contribution in [0.25, 0.3) is 10.4 Å². The number of hydrogen-bond donors (Lipinski definition) is 1. The van der Waals surface area contributed by atoms with Gasteiger partial charge in [-0.15, -0.1) is 0 Å². The van der Waals surface area contributed by atoms with Crippen LogP contribution >= 0.6 is 11.3 Å². The van der Waals surface area contributed by atoms with Crippen LogP contribution in [0.5, 0.6) is 0 Å². The molecule has 0 saturated heterocycles. The third-order valence-corrected chi connectivity index (χ3v) is 6.21. The summed E-state index contributed by atoms with van der Waals surface area (Å²) in [5, 5.41) is 3.48. The second-order valence-electron chi connectivity index (χ2n) is 6.71. The standard InChI is InChI=1S/C19H21N5OS.C2H6/c1-3-19(5-6-19)15-12-14(4-7-21-15)16-13(2)22-17(26-16)23-18(25)24-10-8-20-9-11-24;1-2/h4,7-10,12H,3,5-6,11H2,1-2H3,(H,22,23,25);1-2H3. The largest absolute Gasteiger partial charge is 0.328 e. The lowest BCUT2D eigenvalue weighted by Gasteiger charge is -2.17. The predicted octanol–water partition coefficient (Wildman–Crippen LogP) is 5.37. The SMILES string of the molecule is CC.CCC1(c2cc(-c3sc(NC(=O)N4C=CN=CC4)nc3C)ccn2)CC1. The molecule has 1 saturated carbocycles. The summed E-state index contributed by atoms with van der Waals surface area (Å²) in [5.41, 5.74) is 3.48. The molecule has 6 nitrogen and oxygen atoms in total. The van der Waals surface area contributed by atoms with Gasteiger partial charge in [-0.3, -0.25) is 20.2 Å². The lowest BCUT2D eigenvalue weighted by atomic mass is 9.97. The Bertz CT molecular complexity index is 898. The number of nitrogens with zero attached hydrogens (tertiary/aromatic N) is 4. The Morgan fingerprint density at radius 3 is 2.79 bits per heavy atom. The molecular formula is C21H27N5OS. The third kappa shape index (κ3) is 4.14. The van der Waals surface area contributed by atoms with E-state index in [0.29, 0.717) is 11.7 Å². The Labute approximate surface area is 170 Å². The number of pyridine rings is 1. The molecule has 2 amide bonds. The third-order valence-electron chi connectivity index (χ3n) is 5.08. The van der Waals surface area contributed by atoms with E-state index >= 15 is 0 Å². The van der Waals surface area contributed by atoms with E-state index in [4.69, 9.17) is 0 Å². The van der Waals surface area contributed by atoms with Crippen molar-refractivity contribution in [3.63, 3.8) is 0 Å². The summed E-state index contributed by atoms with van der Waals surface area (Å²) in [6, 6.07) is 4.00. The first-order valence-electron chi connectivity index (χ1n) is 9.81. The first kappa shape index (κ1) is 20.2. The number of rotatable bonds is 4. The van der Waals surface area contributed by atoms with Crippen molar-refractivity contribution >= 4 is 28.7 Å². The van der Waals surface area contributed by atoms with E-state index in [0.717, 1.165) is 22.6 Å². The highest BCUT2D eigenvalue weighted by Crippen LogP contribution is 2.50. The van der Waals surface area contributed by atoms with Crippen LogP contribution in [-0.4, -0.2) is 33.7 Å². The Kier molecular flexibility index (Phi) is 6.24. The zero-order valence-electron chi connectivity index (χ0n) is 16.9. The fourth-order valence-electron chi connectivity index (χ4n) is 3.21. The molecule has 148 valence electrons. The zero-order valence-corrected chi connectivity index (χ0v) is 17.7. The number of carbonyl (C=O) groups is 1. The fourth-order valence-corrected chi connectivity index (χ4v) is 4.16. The second-order valence-corrected chi connectivity index (χ2v) is 7.71. The summed E-state index contributed by atoms with van der Waals surface area (Å²) < 4.78 is 0. The molecule has 0 radical (unpaired) electrons. The van der Waals surface area contributed by atoms with Crippen LogP contribution in [0.2, 0.25) is 0 Å². The van der Waals surface area contributed by atoms with Crippen molar-refractivity contribution < 1.29 is 4.79 Å². The van der Waals surface area contributed by atoms with Crippen LogP contribution in [-0.2, 0) is 5.41 Å². The molecule has 4 rings (SSSR count). The zero-order chi connectivity index (χ0) is 20.1. The lowest BCUT2D eigenvalue weighted by Crippen LogP contribution is -2.32. The first-order valence-corrected chi connectivity index (χ1v) is 10.6. The van der Waals surface area contributed by atoms with E-state index in [1.54, 1.807) is 23.5 Å². The van der Waals surface area contributed by atoms with Gasteiger partial charge < -0.3 is 0 Å². The van der Waals surface area contributed by atoms with Crippen LogP contribution in [0.4, 0.5) is 9.93 Å². The van der Waals surface area contributed by atoms with Gasteiger partial charge in [-0.05, 0) is 43.9 Å². The topological polar surface area (TPSA) is 70.5 Å². The molecule has 3 heterocycles. The van der Waals surface area contributed by atoms with Gasteiger partial charge in [0.05, 0.1) is 17.1 Å². The summed E-state index contributed by atoms with van der Waals surface area (Å²) in [5.74, 6) is 0. The number of hydrogen-bond acceptors (Lipinski definition) is 5. The van der Waals surface area contributed by atoms with Crippen molar-refractivity contribution in [3.8, 4) is 10.4 Å². The molecule has 0 unspecified atom stereocenters. The van der Waals surface area contributed by atoms with E-state index in [1.807, 2.05) is 33.0 Å². The monoisotopic (exact) mass is 397 g/mol. The van der Waals surface area contributed by atoms with Crippen molar-refractivity contribution in [2.24, 2.45) is 4.99 Å². The molecule has 1 aliphatic heterocycles. The number of nitrogens with one attached hydrogen (secondary N) is 1. The summed E-state index contributed by atoms with van der Waals surface area (Å²) in [6.45, 7) is 8.67.